The summed E-state index contributed by atoms with van der Waals surface area (Å²) in [7, 11) is -3.72. The molecule has 0 amide bonds. The molecule has 24 heavy (non-hydrogen) atoms. The molecule has 0 bridgehead atoms. The molecule has 1 aromatic carbocycles. The molecule has 1 aliphatic rings. The van der Waals surface area contributed by atoms with E-state index >= 15 is 0 Å². The zero-order chi connectivity index (χ0) is 17.4. The number of rotatable bonds is 12. The molecule has 0 N–H and O–H groups in total. The molecular formula is C19H30O4S. The lowest BCUT2D eigenvalue weighted by Gasteiger charge is -2.15. The van der Waals surface area contributed by atoms with Gasteiger partial charge in [0.25, 0.3) is 10.1 Å². The van der Waals surface area contributed by atoms with Gasteiger partial charge < -0.3 is 4.74 Å². The molecule has 1 heterocycles. The molecule has 0 aliphatic carbocycles. The monoisotopic (exact) mass is 354 g/mol. The van der Waals surface area contributed by atoms with Crippen LogP contribution in [0.3, 0.4) is 0 Å². The first-order valence-electron chi connectivity index (χ1n) is 9.14. The van der Waals surface area contributed by atoms with Crippen LogP contribution in [0.4, 0.5) is 0 Å². The van der Waals surface area contributed by atoms with Crippen LogP contribution in [0.15, 0.2) is 29.2 Å². The highest BCUT2D eigenvalue weighted by molar-refractivity contribution is 7.86. The van der Waals surface area contributed by atoms with E-state index in [1.165, 1.54) is 32.1 Å². The van der Waals surface area contributed by atoms with Crippen molar-refractivity contribution in [1.29, 1.82) is 0 Å². The zero-order valence-electron chi connectivity index (χ0n) is 14.9. The fourth-order valence-corrected chi connectivity index (χ4v) is 3.92. The van der Waals surface area contributed by atoms with Gasteiger partial charge in [0.05, 0.1) is 11.5 Å². The molecule has 4 nitrogen and oxygen atoms in total. The topological polar surface area (TPSA) is 55.9 Å². The highest BCUT2D eigenvalue weighted by Gasteiger charge is 2.36. The van der Waals surface area contributed by atoms with Crippen LogP contribution in [0.5, 0.6) is 0 Å². The van der Waals surface area contributed by atoms with E-state index in [9.17, 15) is 8.42 Å². The van der Waals surface area contributed by atoms with Crippen LogP contribution in [-0.2, 0) is 19.0 Å². The molecule has 1 fully saturated rings. The number of benzene rings is 1. The first-order valence-corrected chi connectivity index (χ1v) is 10.6. The number of hydrogen-bond donors (Lipinski definition) is 0. The summed E-state index contributed by atoms with van der Waals surface area (Å²) < 4.78 is 35.6. The average Bonchev–Trinajstić information content (AvgIpc) is 3.38. The van der Waals surface area contributed by atoms with Gasteiger partial charge in [-0.25, -0.2) is 0 Å². The second-order valence-electron chi connectivity index (χ2n) is 6.68. The van der Waals surface area contributed by atoms with Gasteiger partial charge in [0.1, 0.15) is 12.2 Å². The van der Waals surface area contributed by atoms with E-state index < -0.39 is 10.1 Å². The number of epoxide rings is 1. The maximum Gasteiger partial charge on any atom is 0.297 e. The summed E-state index contributed by atoms with van der Waals surface area (Å²) in [5.74, 6) is 0. The van der Waals surface area contributed by atoms with Crippen molar-refractivity contribution < 1.29 is 17.3 Å². The summed E-state index contributed by atoms with van der Waals surface area (Å²) in [6, 6.07) is 6.77. The Kier molecular flexibility index (Phi) is 7.72. The average molecular weight is 355 g/mol. The van der Waals surface area contributed by atoms with E-state index in [1.807, 2.05) is 6.92 Å². The smallest absolute Gasteiger partial charge is 0.297 e. The number of aryl methyl sites for hydroxylation is 1. The largest absolute Gasteiger partial charge is 0.370 e. The third-order valence-electron chi connectivity index (χ3n) is 4.43. The van der Waals surface area contributed by atoms with Crippen molar-refractivity contribution in [2.45, 2.75) is 82.3 Å². The summed E-state index contributed by atoms with van der Waals surface area (Å²) in [6.45, 7) is 4.75. The molecule has 1 aliphatic heterocycles. The molecule has 1 aromatic rings. The van der Waals surface area contributed by atoms with Crippen LogP contribution in [0, 0.1) is 6.92 Å². The zero-order valence-corrected chi connectivity index (χ0v) is 15.7. The van der Waals surface area contributed by atoms with Gasteiger partial charge in [0.15, 0.2) is 0 Å². The second kappa shape index (κ2) is 9.54. The van der Waals surface area contributed by atoms with Crippen LogP contribution in [-0.4, -0.2) is 27.2 Å². The molecule has 136 valence electrons. The van der Waals surface area contributed by atoms with Gasteiger partial charge in [-0.1, -0.05) is 69.6 Å². The normalized spacial score (nSPS) is 18.5. The van der Waals surface area contributed by atoms with Gasteiger partial charge in [-0.3, -0.25) is 4.18 Å². The predicted octanol–water partition coefficient (Wildman–Crippen LogP) is 4.61. The van der Waals surface area contributed by atoms with E-state index in [4.69, 9.17) is 8.92 Å². The van der Waals surface area contributed by atoms with Gasteiger partial charge in [0.2, 0.25) is 0 Å². The molecule has 0 aromatic heterocycles. The van der Waals surface area contributed by atoms with E-state index in [0.717, 1.165) is 24.8 Å². The third-order valence-corrected chi connectivity index (χ3v) is 5.78. The lowest BCUT2D eigenvalue weighted by atomic mass is 10.1. The molecule has 0 saturated carbocycles. The lowest BCUT2D eigenvalue weighted by Crippen LogP contribution is -2.24. The molecule has 2 rings (SSSR count). The standard InChI is InChI=1S/C19H30O4S/c1-3-4-5-6-7-8-9-10-18(19-15-22-19)23-24(20,21)17-13-11-16(2)12-14-17/h11-14,18-19H,3-10,15H2,1-2H3/t18-,19-/m0/s1. The number of unbranched alkanes of at least 4 members (excludes halogenated alkanes) is 6. The van der Waals surface area contributed by atoms with Crippen molar-refractivity contribution in [1.82, 2.24) is 0 Å². The first-order chi connectivity index (χ1) is 11.5. The summed E-state index contributed by atoms with van der Waals surface area (Å²) in [5.41, 5.74) is 1.03. The van der Waals surface area contributed by atoms with Gasteiger partial charge in [-0.2, -0.15) is 8.42 Å². The summed E-state index contributed by atoms with van der Waals surface area (Å²) in [4.78, 5) is 0.221. The van der Waals surface area contributed by atoms with E-state index in [0.29, 0.717) is 6.61 Å². The van der Waals surface area contributed by atoms with Crippen LogP contribution in [0.2, 0.25) is 0 Å². The van der Waals surface area contributed by atoms with Crippen LogP contribution < -0.4 is 0 Å². The minimum Gasteiger partial charge on any atom is -0.370 e. The predicted molar refractivity (Wildman–Crippen MR) is 95.6 cm³/mol. The SMILES string of the molecule is CCCCCCCCC[C@H](OS(=O)(=O)c1ccc(C)cc1)[C@@H]1CO1. The molecular weight excluding hydrogens is 324 g/mol. The fraction of sp³-hybridized carbons (Fsp3) is 0.684. The van der Waals surface area contributed by atoms with Gasteiger partial charge in [-0.05, 0) is 25.5 Å². The van der Waals surface area contributed by atoms with Crippen molar-refractivity contribution in [3.63, 3.8) is 0 Å². The van der Waals surface area contributed by atoms with Gasteiger partial charge in [0, 0.05) is 0 Å². The van der Waals surface area contributed by atoms with Crippen molar-refractivity contribution in [2.24, 2.45) is 0 Å². The second-order valence-corrected chi connectivity index (χ2v) is 8.26. The molecule has 5 heteroatoms. The van der Waals surface area contributed by atoms with Crippen molar-refractivity contribution in [3.05, 3.63) is 29.8 Å². The summed E-state index contributed by atoms with van der Waals surface area (Å²) >= 11 is 0. The molecule has 0 spiro atoms. The van der Waals surface area contributed by atoms with Crippen LogP contribution in [0.25, 0.3) is 0 Å². The Morgan fingerprint density at radius 3 is 2.25 bits per heavy atom. The number of ether oxygens (including phenoxy) is 1. The lowest BCUT2D eigenvalue weighted by molar-refractivity contribution is 0.153. The Hall–Kier alpha value is -0.910. The van der Waals surface area contributed by atoms with Crippen molar-refractivity contribution >= 4 is 10.1 Å². The fourth-order valence-electron chi connectivity index (χ4n) is 2.79. The highest BCUT2D eigenvalue weighted by atomic mass is 32.2. The minimum atomic E-state index is -3.72. The first kappa shape index (κ1) is 19.4. The quantitative estimate of drug-likeness (QED) is 0.312. The van der Waals surface area contributed by atoms with E-state index in [1.54, 1.807) is 24.3 Å². The Morgan fingerprint density at radius 1 is 1.08 bits per heavy atom. The maximum atomic E-state index is 12.4. The number of hydrogen-bond acceptors (Lipinski definition) is 4. The van der Waals surface area contributed by atoms with Crippen LogP contribution in [0.1, 0.15) is 63.9 Å². The van der Waals surface area contributed by atoms with Crippen molar-refractivity contribution in [2.75, 3.05) is 6.61 Å². The van der Waals surface area contributed by atoms with Gasteiger partial charge >= 0.3 is 0 Å². The minimum absolute atomic E-state index is 0.0645. The van der Waals surface area contributed by atoms with Crippen LogP contribution >= 0.6 is 0 Å². The molecule has 0 radical (unpaired) electrons. The summed E-state index contributed by atoms with van der Waals surface area (Å²) in [5, 5.41) is 0. The summed E-state index contributed by atoms with van der Waals surface area (Å²) in [6.07, 6.45) is 8.76. The molecule has 1 saturated heterocycles. The van der Waals surface area contributed by atoms with Crippen molar-refractivity contribution in [3.8, 4) is 0 Å². The Bertz CT molecular complexity index is 576. The third kappa shape index (κ3) is 6.54. The highest BCUT2D eigenvalue weighted by Crippen LogP contribution is 2.26. The molecule has 0 unspecified atom stereocenters. The van der Waals surface area contributed by atoms with E-state index in [2.05, 4.69) is 6.92 Å². The Balaban J connectivity index is 1.79. The van der Waals surface area contributed by atoms with Gasteiger partial charge in [-0.15, -0.1) is 0 Å². The molecule has 2 atom stereocenters. The van der Waals surface area contributed by atoms with E-state index in [-0.39, 0.29) is 17.1 Å². The maximum absolute atomic E-state index is 12.4. The Morgan fingerprint density at radius 2 is 1.67 bits per heavy atom. The Labute approximate surface area is 146 Å².